The predicted molar refractivity (Wildman–Crippen MR) is 119 cm³/mol. The Morgan fingerprint density at radius 1 is 1.12 bits per heavy atom. The minimum Gasteiger partial charge on any atom is -0.480 e. The van der Waals surface area contributed by atoms with Crippen LogP contribution in [-0.2, 0) is 24.0 Å². The molecule has 2 heterocycles. The van der Waals surface area contributed by atoms with Crippen molar-refractivity contribution in [3.63, 3.8) is 0 Å². The van der Waals surface area contributed by atoms with Gasteiger partial charge in [0.25, 0.3) is 0 Å². The fourth-order valence-corrected chi connectivity index (χ4v) is 4.46. The second-order valence-electron chi connectivity index (χ2n) is 8.09. The van der Waals surface area contributed by atoms with Gasteiger partial charge in [-0.3, -0.25) is 19.2 Å². The Balaban J connectivity index is 2.11. The largest absolute Gasteiger partial charge is 0.480 e. The van der Waals surface area contributed by atoms with E-state index in [9.17, 15) is 29.1 Å². The molecule has 0 aromatic carbocycles. The number of aliphatic carboxylic acids is 1. The molecule has 12 heteroatoms. The van der Waals surface area contributed by atoms with Crippen LogP contribution in [0.2, 0.25) is 0 Å². The van der Waals surface area contributed by atoms with Crippen LogP contribution in [0.3, 0.4) is 0 Å². The van der Waals surface area contributed by atoms with Crippen LogP contribution in [0, 0.1) is 0 Å². The summed E-state index contributed by atoms with van der Waals surface area (Å²) in [5, 5.41) is 17.9. The average molecular weight is 472 g/mol. The zero-order valence-corrected chi connectivity index (χ0v) is 19.1. The molecule has 0 aromatic rings. The number of thioether (sulfide) groups is 1. The molecule has 180 valence electrons. The lowest BCUT2D eigenvalue weighted by atomic mass is 10.1. The number of rotatable bonds is 12. The first-order valence-electron chi connectivity index (χ1n) is 10.9. The van der Waals surface area contributed by atoms with E-state index < -0.39 is 41.8 Å². The molecule has 2 fully saturated rings. The van der Waals surface area contributed by atoms with E-state index in [-0.39, 0.29) is 31.3 Å². The quantitative estimate of drug-likeness (QED) is 0.236. The number of nitrogens with one attached hydrogen (secondary N) is 3. The number of carboxylic acid groups (broad SMARTS) is 1. The Hall–Kier alpha value is -2.34. The summed E-state index contributed by atoms with van der Waals surface area (Å²) in [7, 11) is 0. The van der Waals surface area contributed by atoms with Crippen molar-refractivity contribution in [1.29, 1.82) is 0 Å². The predicted octanol–water partition coefficient (Wildman–Crippen LogP) is -1.20. The number of amides is 4. The standard InChI is InChI=1S/C20H33N5O6S/c1-32-11-8-13(23-17(27)12-4-2-9-22-12)18(28)24-14(6-7-16(21)26)19(29)25-10-3-5-15(25)20(30)31/h12-15,22H,2-11H2,1H3,(H2,21,26)(H,23,27)(H,24,28)(H,30,31). The number of primary amides is 1. The fraction of sp³-hybridized carbons (Fsp3) is 0.750. The van der Waals surface area contributed by atoms with Crippen LogP contribution in [-0.4, -0.2) is 88.9 Å². The summed E-state index contributed by atoms with van der Waals surface area (Å²) in [6.45, 7) is 1.00. The molecule has 11 nitrogen and oxygen atoms in total. The lowest BCUT2D eigenvalue weighted by Gasteiger charge is -2.29. The monoisotopic (exact) mass is 471 g/mol. The molecule has 6 N–H and O–H groups in total. The SMILES string of the molecule is CSCCC(NC(=O)C1CCCN1)C(=O)NC(CCC(N)=O)C(=O)N1CCCC1C(=O)O. The lowest BCUT2D eigenvalue weighted by molar-refractivity contribution is -0.149. The molecular weight excluding hydrogens is 438 g/mol. The van der Waals surface area contributed by atoms with E-state index in [2.05, 4.69) is 16.0 Å². The average Bonchev–Trinajstić information content (AvgIpc) is 3.45. The third kappa shape index (κ3) is 7.37. The molecule has 2 aliphatic heterocycles. The van der Waals surface area contributed by atoms with Gasteiger partial charge in [-0.2, -0.15) is 11.8 Å². The Kier molecular flexibility index (Phi) is 10.2. The van der Waals surface area contributed by atoms with Crippen LogP contribution in [0.1, 0.15) is 44.9 Å². The minimum atomic E-state index is -1.11. The molecule has 32 heavy (non-hydrogen) atoms. The zero-order valence-electron chi connectivity index (χ0n) is 18.3. The highest BCUT2D eigenvalue weighted by molar-refractivity contribution is 7.98. The van der Waals surface area contributed by atoms with E-state index in [1.807, 2.05) is 6.26 Å². The van der Waals surface area contributed by atoms with Crippen molar-refractivity contribution in [2.24, 2.45) is 5.73 Å². The summed E-state index contributed by atoms with van der Waals surface area (Å²) in [5.41, 5.74) is 5.22. The summed E-state index contributed by atoms with van der Waals surface area (Å²) in [6.07, 6.45) is 4.50. The lowest BCUT2D eigenvalue weighted by Crippen LogP contribution is -2.57. The van der Waals surface area contributed by atoms with Crippen LogP contribution < -0.4 is 21.7 Å². The molecule has 4 amide bonds. The molecule has 0 spiro atoms. The molecule has 2 rings (SSSR count). The van der Waals surface area contributed by atoms with Crippen molar-refractivity contribution in [2.75, 3.05) is 25.1 Å². The van der Waals surface area contributed by atoms with E-state index in [0.29, 0.717) is 31.4 Å². The third-order valence-electron chi connectivity index (χ3n) is 5.74. The Bertz CT molecular complexity index is 715. The minimum absolute atomic E-state index is 0.0455. The fourth-order valence-electron chi connectivity index (χ4n) is 3.99. The van der Waals surface area contributed by atoms with E-state index >= 15 is 0 Å². The number of carboxylic acids is 1. The number of hydrogen-bond donors (Lipinski definition) is 5. The summed E-state index contributed by atoms with van der Waals surface area (Å²) in [5.74, 6) is -2.49. The summed E-state index contributed by atoms with van der Waals surface area (Å²) in [6, 6.07) is -3.27. The summed E-state index contributed by atoms with van der Waals surface area (Å²) in [4.78, 5) is 62.6. The number of carbonyl (C=O) groups is 5. The van der Waals surface area contributed by atoms with E-state index in [1.54, 1.807) is 0 Å². The van der Waals surface area contributed by atoms with Gasteiger partial charge in [-0.15, -0.1) is 0 Å². The van der Waals surface area contributed by atoms with Crippen LogP contribution in [0.4, 0.5) is 0 Å². The van der Waals surface area contributed by atoms with Crippen LogP contribution >= 0.6 is 11.8 Å². The van der Waals surface area contributed by atoms with Gasteiger partial charge in [0.15, 0.2) is 0 Å². The van der Waals surface area contributed by atoms with Gasteiger partial charge >= 0.3 is 5.97 Å². The van der Waals surface area contributed by atoms with Gasteiger partial charge in [0.2, 0.25) is 23.6 Å². The number of likely N-dealkylation sites (tertiary alicyclic amines) is 1. The maximum atomic E-state index is 13.1. The van der Waals surface area contributed by atoms with Gasteiger partial charge < -0.3 is 31.7 Å². The first-order valence-corrected chi connectivity index (χ1v) is 12.3. The van der Waals surface area contributed by atoms with Crippen molar-refractivity contribution in [3.05, 3.63) is 0 Å². The van der Waals surface area contributed by atoms with Gasteiger partial charge in [-0.05, 0) is 57.1 Å². The molecule has 4 atom stereocenters. The van der Waals surface area contributed by atoms with E-state index in [4.69, 9.17) is 5.73 Å². The number of nitrogens with two attached hydrogens (primary N) is 1. The molecule has 0 radical (unpaired) electrons. The number of hydrogen-bond acceptors (Lipinski definition) is 7. The van der Waals surface area contributed by atoms with Crippen molar-refractivity contribution >= 4 is 41.4 Å². The highest BCUT2D eigenvalue weighted by atomic mass is 32.2. The summed E-state index contributed by atoms with van der Waals surface area (Å²) >= 11 is 1.52. The molecule has 0 bridgehead atoms. The molecule has 0 saturated carbocycles. The van der Waals surface area contributed by atoms with Crippen LogP contribution in [0.15, 0.2) is 0 Å². The van der Waals surface area contributed by atoms with Gasteiger partial charge in [-0.25, -0.2) is 4.79 Å². The topological polar surface area (TPSA) is 171 Å². The highest BCUT2D eigenvalue weighted by Crippen LogP contribution is 2.20. The maximum Gasteiger partial charge on any atom is 0.326 e. The molecular formula is C20H33N5O6S. The second-order valence-corrected chi connectivity index (χ2v) is 9.07. The van der Waals surface area contributed by atoms with Gasteiger partial charge in [-0.1, -0.05) is 0 Å². The van der Waals surface area contributed by atoms with Crippen molar-refractivity contribution in [1.82, 2.24) is 20.9 Å². The van der Waals surface area contributed by atoms with Crippen molar-refractivity contribution in [3.8, 4) is 0 Å². The van der Waals surface area contributed by atoms with E-state index in [1.165, 1.54) is 16.7 Å². The first-order chi connectivity index (χ1) is 15.2. The Morgan fingerprint density at radius 2 is 1.88 bits per heavy atom. The van der Waals surface area contributed by atoms with Crippen LogP contribution in [0.5, 0.6) is 0 Å². The Morgan fingerprint density at radius 3 is 2.47 bits per heavy atom. The number of nitrogens with zero attached hydrogens (tertiary/aromatic N) is 1. The molecule has 2 aliphatic rings. The normalized spacial score (nSPS) is 22.2. The summed E-state index contributed by atoms with van der Waals surface area (Å²) < 4.78 is 0. The number of carbonyl (C=O) groups excluding carboxylic acids is 4. The van der Waals surface area contributed by atoms with Crippen molar-refractivity contribution in [2.45, 2.75) is 69.1 Å². The molecule has 0 aromatic heterocycles. The molecule has 4 unspecified atom stereocenters. The second kappa shape index (κ2) is 12.6. The van der Waals surface area contributed by atoms with Gasteiger partial charge in [0.1, 0.15) is 18.1 Å². The van der Waals surface area contributed by atoms with Crippen molar-refractivity contribution < 1.29 is 29.1 Å². The van der Waals surface area contributed by atoms with Gasteiger partial charge in [0.05, 0.1) is 6.04 Å². The molecule has 2 saturated heterocycles. The first kappa shape index (κ1) is 25.9. The van der Waals surface area contributed by atoms with Crippen LogP contribution in [0.25, 0.3) is 0 Å². The van der Waals surface area contributed by atoms with E-state index in [0.717, 1.165) is 13.0 Å². The third-order valence-corrected chi connectivity index (χ3v) is 6.38. The molecule has 0 aliphatic carbocycles. The Labute approximate surface area is 191 Å². The smallest absolute Gasteiger partial charge is 0.326 e. The zero-order chi connectivity index (χ0) is 23.7. The highest BCUT2D eigenvalue weighted by Gasteiger charge is 2.38. The maximum absolute atomic E-state index is 13.1. The van der Waals surface area contributed by atoms with Gasteiger partial charge in [0, 0.05) is 13.0 Å².